The summed E-state index contributed by atoms with van der Waals surface area (Å²) in [5.41, 5.74) is 2.50. The van der Waals surface area contributed by atoms with Crippen molar-refractivity contribution in [3.8, 4) is 11.5 Å². The first-order valence-electron chi connectivity index (χ1n) is 7.67. The van der Waals surface area contributed by atoms with Crippen molar-refractivity contribution in [2.75, 3.05) is 0 Å². The van der Waals surface area contributed by atoms with E-state index in [1.165, 1.54) is 11.1 Å². The lowest BCUT2D eigenvalue weighted by molar-refractivity contribution is 0.503. The summed E-state index contributed by atoms with van der Waals surface area (Å²) in [5, 5.41) is 0. The molecular formula is C18H22O2PS2-. The Balaban J connectivity index is 2.03. The fourth-order valence-corrected chi connectivity index (χ4v) is 3.93. The van der Waals surface area contributed by atoms with Crippen molar-refractivity contribution in [2.45, 2.75) is 39.5 Å². The molecule has 0 aliphatic carbocycles. The van der Waals surface area contributed by atoms with E-state index in [-0.39, 0.29) is 0 Å². The van der Waals surface area contributed by atoms with Gasteiger partial charge >= 0.3 is 0 Å². The molecule has 0 aliphatic heterocycles. The summed E-state index contributed by atoms with van der Waals surface area (Å²) in [4.78, 5) is 0. The van der Waals surface area contributed by atoms with Crippen molar-refractivity contribution in [2.24, 2.45) is 0 Å². The van der Waals surface area contributed by atoms with E-state index >= 15 is 0 Å². The lowest BCUT2D eigenvalue weighted by atomic mass is 10.0. The van der Waals surface area contributed by atoms with Crippen molar-refractivity contribution in [3.05, 3.63) is 59.7 Å². The van der Waals surface area contributed by atoms with E-state index in [0.717, 1.165) is 0 Å². The summed E-state index contributed by atoms with van der Waals surface area (Å²) in [6.07, 6.45) is -2.80. The Morgan fingerprint density at radius 1 is 0.652 bits per heavy atom. The Labute approximate surface area is 150 Å². The standard InChI is InChI=1S/C18H23O2PS2/c1-13(2)15-5-9-17(10-6-15)19-21(22,23)20-18-11-7-16(8-12-18)14(3)4/h5-14H,1-4H3,(H,22,23)/p-1. The van der Waals surface area contributed by atoms with Gasteiger partial charge in [-0.3, -0.25) is 0 Å². The summed E-state index contributed by atoms with van der Waals surface area (Å²) in [6, 6.07) is 15.7. The molecule has 0 heterocycles. The molecule has 0 N–H and O–H groups in total. The van der Waals surface area contributed by atoms with Gasteiger partial charge in [0, 0.05) is 0 Å². The zero-order valence-corrected chi connectivity index (χ0v) is 16.4. The molecule has 0 amide bonds. The molecule has 2 nitrogen and oxygen atoms in total. The van der Waals surface area contributed by atoms with Crippen LogP contribution in [0.15, 0.2) is 48.5 Å². The largest absolute Gasteiger partial charge is 0.496 e. The first-order chi connectivity index (χ1) is 10.8. The number of hydrogen-bond acceptors (Lipinski definition) is 4. The summed E-state index contributed by atoms with van der Waals surface area (Å²) >= 11 is 10.7. The predicted molar refractivity (Wildman–Crippen MR) is 104 cm³/mol. The van der Waals surface area contributed by atoms with Gasteiger partial charge in [0.15, 0.2) is 11.5 Å². The Hall–Kier alpha value is -0.830. The van der Waals surface area contributed by atoms with Gasteiger partial charge in [-0.05, 0) is 47.2 Å². The van der Waals surface area contributed by atoms with Crippen LogP contribution in [0, 0.1) is 0 Å². The smallest absolute Gasteiger partial charge is 0.173 e. The average Bonchev–Trinajstić information content (AvgIpc) is 2.47. The third kappa shape index (κ3) is 5.63. The third-order valence-corrected chi connectivity index (χ3v) is 5.29. The maximum atomic E-state index is 5.74. The average molecular weight is 365 g/mol. The number of rotatable bonds is 6. The Morgan fingerprint density at radius 2 is 0.957 bits per heavy atom. The molecule has 0 saturated carbocycles. The normalized spacial score (nSPS) is 11.8. The summed E-state index contributed by atoms with van der Waals surface area (Å²) < 4.78 is 11.5. The molecule has 2 rings (SSSR count). The van der Waals surface area contributed by atoms with Crippen LogP contribution in [0.3, 0.4) is 0 Å². The second-order valence-electron chi connectivity index (χ2n) is 6.08. The zero-order valence-electron chi connectivity index (χ0n) is 13.9. The van der Waals surface area contributed by atoms with Gasteiger partial charge in [-0.25, -0.2) is 0 Å². The predicted octanol–water partition coefficient (Wildman–Crippen LogP) is 6.16. The first kappa shape index (κ1) is 18.5. The molecule has 0 aliphatic rings. The minimum atomic E-state index is -2.80. The number of benzene rings is 2. The Morgan fingerprint density at radius 3 is 1.22 bits per heavy atom. The van der Waals surface area contributed by atoms with Crippen LogP contribution >= 0.6 is 6.12 Å². The monoisotopic (exact) mass is 365 g/mol. The van der Waals surface area contributed by atoms with Gasteiger partial charge in [0.25, 0.3) is 0 Å². The van der Waals surface area contributed by atoms with Gasteiger partial charge in [0.1, 0.15) is 6.12 Å². The van der Waals surface area contributed by atoms with Crippen molar-refractivity contribution >= 4 is 30.6 Å². The van der Waals surface area contributed by atoms with Crippen LogP contribution in [0.4, 0.5) is 0 Å². The van der Waals surface area contributed by atoms with Gasteiger partial charge in [0.2, 0.25) is 0 Å². The summed E-state index contributed by atoms with van der Waals surface area (Å²) in [6.45, 7) is 8.60. The van der Waals surface area contributed by atoms with Crippen LogP contribution in [-0.4, -0.2) is 0 Å². The molecule has 0 radical (unpaired) electrons. The highest BCUT2D eigenvalue weighted by atomic mass is 33.1. The highest BCUT2D eigenvalue weighted by Crippen LogP contribution is 2.55. The molecule has 0 atom stereocenters. The highest BCUT2D eigenvalue weighted by Gasteiger charge is 2.15. The Bertz CT molecular complexity index is 567. The van der Waals surface area contributed by atoms with Crippen molar-refractivity contribution in [1.82, 2.24) is 0 Å². The molecule has 0 saturated heterocycles. The van der Waals surface area contributed by atoms with Crippen LogP contribution in [0.2, 0.25) is 0 Å². The van der Waals surface area contributed by atoms with E-state index in [0.29, 0.717) is 23.3 Å². The van der Waals surface area contributed by atoms with Gasteiger partial charge in [0.05, 0.1) is 0 Å². The molecule has 124 valence electrons. The fourth-order valence-electron chi connectivity index (χ4n) is 2.10. The van der Waals surface area contributed by atoms with E-state index < -0.39 is 6.12 Å². The topological polar surface area (TPSA) is 18.5 Å². The van der Waals surface area contributed by atoms with E-state index in [9.17, 15) is 0 Å². The molecule has 5 heteroatoms. The summed E-state index contributed by atoms with van der Waals surface area (Å²) in [7, 11) is 0. The molecule has 0 aromatic heterocycles. The minimum Gasteiger partial charge on any atom is -0.496 e. The molecular weight excluding hydrogens is 343 g/mol. The van der Waals surface area contributed by atoms with Crippen LogP contribution in [0.25, 0.3) is 0 Å². The maximum Gasteiger partial charge on any atom is 0.173 e. The van der Waals surface area contributed by atoms with Crippen LogP contribution in [0.1, 0.15) is 50.7 Å². The molecule has 0 spiro atoms. The van der Waals surface area contributed by atoms with E-state index in [1.54, 1.807) is 0 Å². The quantitative estimate of drug-likeness (QED) is 0.450. The van der Waals surface area contributed by atoms with Crippen LogP contribution in [-0.2, 0) is 24.5 Å². The van der Waals surface area contributed by atoms with Gasteiger partial charge in [-0.15, -0.1) is 0 Å². The second kappa shape index (κ2) is 7.83. The lowest BCUT2D eigenvalue weighted by Gasteiger charge is -2.34. The van der Waals surface area contributed by atoms with E-state index in [4.69, 9.17) is 33.5 Å². The second-order valence-corrected chi connectivity index (χ2v) is 10.9. The highest BCUT2D eigenvalue weighted by molar-refractivity contribution is 8.70. The van der Waals surface area contributed by atoms with E-state index in [2.05, 4.69) is 27.7 Å². The minimum absolute atomic E-state index is 0.478. The third-order valence-electron chi connectivity index (χ3n) is 3.53. The Kier molecular flexibility index (Phi) is 6.30. The van der Waals surface area contributed by atoms with Gasteiger partial charge in [-0.1, -0.05) is 52.0 Å². The molecule has 0 unspecified atom stereocenters. The first-order valence-corrected chi connectivity index (χ1v) is 11.3. The van der Waals surface area contributed by atoms with Gasteiger partial charge in [-0.2, -0.15) is 0 Å². The van der Waals surface area contributed by atoms with Crippen LogP contribution in [0.5, 0.6) is 11.5 Å². The molecule has 2 aromatic carbocycles. The molecule has 23 heavy (non-hydrogen) atoms. The maximum absolute atomic E-state index is 5.74. The van der Waals surface area contributed by atoms with Crippen molar-refractivity contribution in [1.29, 1.82) is 0 Å². The van der Waals surface area contributed by atoms with Gasteiger partial charge < -0.3 is 33.5 Å². The van der Waals surface area contributed by atoms with Crippen LogP contribution < -0.4 is 9.05 Å². The fraction of sp³-hybridized carbons (Fsp3) is 0.333. The molecule has 0 bridgehead atoms. The van der Waals surface area contributed by atoms with Crippen molar-refractivity contribution < 1.29 is 9.05 Å². The summed E-state index contributed by atoms with van der Waals surface area (Å²) in [5.74, 6) is 2.27. The molecule has 0 fully saturated rings. The molecule has 2 aromatic rings. The van der Waals surface area contributed by atoms with E-state index in [1.807, 2.05) is 48.5 Å². The lowest BCUT2D eigenvalue weighted by Crippen LogP contribution is -2.03. The van der Waals surface area contributed by atoms with Crippen molar-refractivity contribution in [3.63, 3.8) is 0 Å². The SMILES string of the molecule is CC(C)c1ccc(O[P+]([S-])([S-])Oc2ccc(C(C)C)cc2)cc1. The number of hydrogen-bond donors (Lipinski definition) is 0. The zero-order chi connectivity index (χ0) is 17.0.